The Morgan fingerprint density at radius 1 is 1.44 bits per heavy atom. The van der Waals surface area contributed by atoms with Crippen LogP contribution in [0, 0.1) is 0 Å². The third-order valence-electron chi connectivity index (χ3n) is 2.96. The van der Waals surface area contributed by atoms with Crippen molar-refractivity contribution >= 4 is 10.8 Å². The van der Waals surface area contributed by atoms with Crippen LogP contribution in [0.4, 0.5) is 0 Å². The smallest absolute Gasteiger partial charge is 0.231 e. The number of hydrogen-bond acceptors (Lipinski definition) is 4. The Labute approximate surface area is 110 Å². The Morgan fingerprint density at radius 3 is 3.06 bits per heavy atom. The molecule has 0 aromatic heterocycles. The van der Waals surface area contributed by atoms with Crippen LogP contribution in [0.5, 0.6) is 11.5 Å². The molecule has 0 bridgehead atoms. The molecular weight excluding hydrogens is 250 g/mol. The second kappa shape index (κ2) is 6.20. The van der Waals surface area contributed by atoms with E-state index in [1.54, 1.807) is 6.26 Å². The molecular formula is C13H19NO3S. The van der Waals surface area contributed by atoms with Gasteiger partial charge in [0.25, 0.3) is 0 Å². The van der Waals surface area contributed by atoms with Crippen LogP contribution in [0.25, 0.3) is 0 Å². The summed E-state index contributed by atoms with van der Waals surface area (Å²) in [5.74, 6) is 2.40. The summed E-state index contributed by atoms with van der Waals surface area (Å²) < 4.78 is 21.8. The lowest BCUT2D eigenvalue weighted by Gasteiger charge is -2.14. The maximum absolute atomic E-state index is 11.0. The van der Waals surface area contributed by atoms with Crippen molar-refractivity contribution in [2.45, 2.75) is 25.9 Å². The van der Waals surface area contributed by atoms with Crippen molar-refractivity contribution < 1.29 is 13.7 Å². The molecule has 4 nitrogen and oxygen atoms in total. The van der Waals surface area contributed by atoms with Crippen molar-refractivity contribution in [3.05, 3.63) is 23.8 Å². The quantitative estimate of drug-likeness (QED) is 0.853. The van der Waals surface area contributed by atoms with Gasteiger partial charge < -0.3 is 14.8 Å². The summed E-state index contributed by atoms with van der Waals surface area (Å²) in [6.07, 6.45) is 2.65. The Morgan fingerprint density at radius 2 is 2.28 bits per heavy atom. The standard InChI is InChI=1S/C13H19NO3S/c1-10(6-7-18(2)15)14-8-11-4-3-5-12-13(11)17-9-16-12/h3-5,10,14H,6-9H2,1-2H3. The zero-order valence-electron chi connectivity index (χ0n) is 10.8. The van der Waals surface area contributed by atoms with E-state index < -0.39 is 10.8 Å². The van der Waals surface area contributed by atoms with Crippen molar-refractivity contribution in [3.8, 4) is 11.5 Å². The van der Waals surface area contributed by atoms with E-state index in [-0.39, 0.29) is 0 Å². The van der Waals surface area contributed by atoms with Gasteiger partial charge in [0.15, 0.2) is 11.5 Å². The third-order valence-corrected chi connectivity index (χ3v) is 3.77. The minimum atomic E-state index is -0.719. The predicted molar refractivity (Wildman–Crippen MR) is 72.4 cm³/mol. The van der Waals surface area contributed by atoms with Gasteiger partial charge in [0, 0.05) is 41.0 Å². The molecule has 1 aromatic rings. The molecule has 0 amide bonds. The van der Waals surface area contributed by atoms with Gasteiger partial charge in [0.2, 0.25) is 6.79 Å². The summed E-state index contributed by atoms with van der Waals surface area (Å²) in [6, 6.07) is 6.25. The number of ether oxygens (including phenoxy) is 2. The van der Waals surface area contributed by atoms with Gasteiger partial charge in [-0.15, -0.1) is 0 Å². The van der Waals surface area contributed by atoms with Crippen molar-refractivity contribution in [3.63, 3.8) is 0 Å². The average molecular weight is 269 g/mol. The molecule has 1 aromatic carbocycles. The van der Waals surface area contributed by atoms with Crippen LogP contribution in [-0.4, -0.2) is 29.1 Å². The summed E-state index contributed by atoms with van der Waals surface area (Å²) in [5.41, 5.74) is 1.11. The number of para-hydroxylation sites is 1. The lowest BCUT2D eigenvalue weighted by atomic mass is 10.1. The molecule has 0 saturated carbocycles. The van der Waals surface area contributed by atoms with Crippen molar-refractivity contribution in [2.75, 3.05) is 18.8 Å². The van der Waals surface area contributed by atoms with Crippen LogP contribution >= 0.6 is 0 Å². The van der Waals surface area contributed by atoms with Crippen molar-refractivity contribution in [1.82, 2.24) is 5.32 Å². The molecule has 1 N–H and O–H groups in total. The Balaban J connectivity index is 1.87. The number of fused-ring (bicyclic) bond motifs is 1. The molecule has 2 unspecified atom stereocenters. The lowest BCUT2D eigenvalue weighted by Crippen LogP contribution is -2.27. The van der Waals surface area contributed by atoms with Gasteiger partial charge >= 0.3 is 0 Å². The van der Waals surface area contributed by atoms with Crippen LogP contribution in [0.15, 0.2) is 18.2 Å². The van der Waals surface area contributed by atoms with Gasteiger partial charge in [-0.2, -0.15) is 0 Å². The first kappa shape index (κ1) is 13.4. The SMILES string of the molecule is CC(CCS(C)=O)NCc1cccc2c1OCO2. The van der Waals surface area contributed by atoms with E-state index >= 15 is 0 Å². The van der Waals surface area contributed by atoms with Gasteiger partial charge in [-0.05, 0) is 19.4 Å². The maximum atomic E-state index is 11.0. The molecule has 0 radical (unpaired) electrons. The molecule has 2 rings (SSSR count). The van der Waals surface area contributed by atoms with E-state index in [1.807, 2.05) is 18.2 Å². The molecule has 0 aliphatic carbocycles. The minimum Gasteiger partial charge on any atom is -0.454 e. The second-order valence-corrected chi connectivity index (χ2v) is 6.05. The van der Waals surface area contributed by atoms with Crippen LogP contribution in [-0.2, 0) is 17.3 Å². The number of rotatable bonds is 6. The largest absolute Gasteiger partial charge is 0.454 e. The molecule has 18 heavy (non-hydrogen) atoms. The van der Waals surface area contributed by atoms with Gasteiger partial charge in [-0.25, -0.2) is 0 Å². The summed E-state index contributed by atoms with van der Waals surface area (Å²) in [5, 5.41) is 3.41. The fourth-order valence-corrected chi connectivity index (χ4v) is 2.54. The molecule has 1 aliphatic heterocycles. The number of nitrogens with one attached hydrogen (secondary N) is 1. The number of benzene rings is 1. The predicted octanol–water partition coefficient (Wildman–Crippen LogP) is 1.66. The summed E-state index contributed by atoms with van der Waals surface area (Å²) in [4.78, 5) is 0. The van der Waals surface area contributed by atoms with Crippen LogP contribution in [0.3, 0.4) is 0 Å². The first-order chi connectivity index (χ1) is 8.66. The number of hydrogen-bond donors (Lipinski definition) is 1. The van der Waals surface area contributed by atoms with Crippen molar-refractivity contribution in [1.29, 1.82) is 0 Å². The molecule has 0 fully saturated rings. The average Bonchev–Trinajstić information content (AvgIpc) is 2.82. The zero-order valence-corrected chi connectivity index (χ0v) is 11.6. The second-order valence-electron chi connectivity index (χ2n) is 4.50. The highest BCUT2D eigenvalue weighted by Crippen LogP contribution is 2.35. The van der Waals surface area contributed by atoms with Gasteiger partial charge in [0.1, 0.15) is 0 Å². The fourth-order valence-electron chi connectivity index (χ4n) is 1.86. The van der Waals surface area contributed by atoms with Crippen LogP contribution in [0.1, 0.15) is 18.9 Å². The molecule has 1 aliphatic rings. The first-order valence-electron chi connectivity index (χ1n) is 6.07. The molecule has 100 valence electrons. The lowest BCUT2D eigenvalue weighted by molar-refractivity contribution is 0.173. The Kier molecular flexibility index (Phi) is 4.60. The summed E-state index contributed by atoms with van der Waals surface area (Å²) in [7, 11) is -0.719. The van der Waals surface area contributed by atoms with Crippen LogP contribution in [0.2, 0.25) is 0 Å². The highest BCUT2D eigenvalue weighted by atomic mass is 32.2. The van der Waals surface area contributed by atoms with Crippen LogP contribution < -0.4 is 14.8 Å². The van der Waals surface area contributed by atoms with E-state index in [4.69, 9.17) is 9.47 Å². The van der Waals surface area contributed by atoms with E-state index in [0.717, 1.165) is 35.8 Å². The molecule has 2 atom stereocenters. The Hall–Kier alpha value is -1.07. The highest BCUT2D eigenvalue weighted by Gasteiger charge is 2.17. The van der Waals surface area contributed by atoms with E-state index in [1.165, 1.54) is 0 Å². The van der Waals surface area contributed by atoms with Crippen molar-refractivity contribution in [2.24, 2.45) is 0 Å². The van der Waals surface area contributed by atoms with E-state index in [2.05, 4.69) is 12.2 Å². The molecule has 5 heteroatoms. The maximum Gasteiger partial charge on any atom is 0.231 e. The topological polar surface area (TPSA) is 47.6 Å². The van der Waals surface area contributed by atoms with Gasteiger partial charge in [-0.1, -0.05) is 12.1 Å². The normalized spacial score (nSPS) is 16.6. The molecule has 0 saturated heterocycles. The fraction of sp³-hybridized carbons (Fsp3) is 0.538. The van der Waals surface area contributed by atoms with E-state index in [0.29, 0.717) is 12.8 Å². The van der Waals surface area contributed by atoms with Gasteiger partial charge in [0.05, 0.1) is 0 Å². The molecule has 0 spiro atoms. The zero-order chi connectivity index (χ0) is 13.0. The van der Waals surface area contributed by atoms with E-state index in [9.17, 15) is 4.21 Å². The first-order valence-corrected chi connectivity index (χ1v) is 7.80. The minimum absolute atomic E-state index is 0.302. The Bertz CT molecular complexity index is 436. The third kappa shape index (κ3) is 3.46. The summed E-state index contributed by atoms with van der Waals surface area (Å²) in [6.45, 7) is 3.15. The monoisotopic (exact) mass is 269 g/mol. The summed E-state index contributed by atoms with van der Waals surface area (Å²) >= 11 is 0. The molecule has 1 heterocycles. The highest BCUT2D eigenvalue weighted by molar-refractivity contribution is 7.84. The van der Waals surface area contributed by atoms with Gasteiger partial charge in [-0.3, -0.25) is 4.21 Å².